The Bertz CT molecular complexity index is 1690. The molecule has 3 aromatic heterocycles. The number of likely N-dealkylation sites (tertiary alicyclic amines) is 1. The Kier molecular flexibility index (Phi) is 6.93. The summed E-state index contributed by atoms with van der Waals surface area (Å²) in [5.41, 5.74) is 6.55. The van der Waals surface area contributed by atoms with Gasteiger partial charge in [-0.3, -0.25) is 19.1 Å². The number of amides is 1. The van der Waals surface area contributed by atoms with E-state index in [0.717, 1.165) is 83.7 Å². The molecule has 1 atom stereocenters. The molecule has 6 rings (SSSR count). The number of anilines is 1. The van der Waals surface area contributed by atoms with Gasteiger partial charge in [0.2, 0.25) is 0 Å². The highest BCUT2D eigenvalue weighted by molar-refractivity contribution is 5.94. The van der Waals surface area contributed by atoms with Gasteiger partial charge in [0, 0.05) is 74.0 Å². The molecular formula is C32H37FN6O2. The van der Waals surface area contributed by atoms with Crippen molar-refractivity contribution in [3.8, 4) is 5.69 Å². The Labute approximate surface area is 239 Å². The van der Waals surface area contributed by atoms with E-state index in [1.165, 1.54) is 11.0 Å². The number of pyridine rings is 2. The van der Waals surface area contributed by atoms with Crippen LogP contribution in [0.4, 0.5) is 10.1 Å². The summed E-state index contributed by atoms with van der Waals surface area (Å²) in [6.07, 6.45) is 6.03. The number of carbonyl (C=O) groups is 1. The van der Waals surface area contributed by atoms with Crippen LogP contribution in [0.5, 0.6) is 0 Å². The normalized spacial score (nSPS) is 16.5. The van der Waals surface area contributed by atoms with Crippen LogP contribution in [0.1, 0.15) is 64.5 Å². The molecule has 2 aliphatic heterocycles. The van der Waals surface area contributed by atoms with E-state index < -0.39 is 0 Å². The van der Waals surface area contributed by atoms with E-state index in [2.05, 4.69) is 32.8 Å². The average molecular weight is 557 g/mol. The summed E-state index contributed by atoms with van der Waals surface area (Å²) in [4.78, 5) is 34.2. The van der Waals surface area contributed by atoms with Gasteiger partial charge < -0.3 is 14.8 Å². The Hall–Kier alpha value is -3.98. The van der Waals surface area contributed by atoms with E-state index in [1.807, 2.05) is 38.4 Å². The molecule has 4 aromatic rings. The van der Waals surface area contributed by atoms with Crippen molar-refractivity contribution in [3.63, 3.8) is 0 Å². The predicted octanol–water partition coefficient (Wildman–Crippen LogP) is 4.78. The molecule has 0 unspecified atom stereocenters. The van der Waals surface area contributed by atoms with Gasteiger partial charge in [0.1, 0.15) is 11.5 Å². The van der Waals surface area contributed by atoms with Crippen molar-refractivity contribution in [3.05, 3.63) is 86.8 Å². The summed E-state index contributed by atoms with van der Waals surface area (Å²) >= 11 is 0. The SMILES string of the molecule is Cc1cc(C(=O)N(C)C)cc(F)c1C1CCN([C@H](C)c2cc3c(-n4ccc5c(c4=O)CCN5)ccnc3n2C)CC1. The van der Waals surface area contributed by atoms with Crippen LogP contribution in [-0.4, -0.2) is 63.6 Å². The first-order valence-electron chi connectivity index (χ1n) is 14.3. The molecule has 0 saturated carbocycles. The molecular weight excluding hydrogens is 519 g/mol. The van der Waals surface area contributed by atoms with E-state index in [4.69, 9.17) is 0 Å². The van der Waals surface area contributed by atoms with E-state index >= 15 is 4.39 Å². The van der Waals surface area contributed by atoms with Gasteiger partial charge in [0.25, 0.3) is 11.5 Å². The Morgan fingerprint density at radius 1 is 1.17 bits per heavy atom. The molecule has 1 N–H and O–H groups in total. The quantitative estimate of drug-likeness (QED) is 0.383. The van der Waals surface area contributed by atoms with Crippen molar-refractivity contribution in [2.24, 2.45) is 7.05 Å². The zero-order valence-corrected chi connectivity index (χ0v) is 24.4. The van der Waals surface area contributed by atoms with Crippen LogP contribution < -0.4 is 10.9 Å². The zero-order chi connectivity index (χ0) is 29.0. The van der Waals surface area contributed by atoms with Gasteiger partial charge in [-0.1, -0.05) is 0 Å². The molecule has 5 heterocycles. The third kappa shape index (κ3) is 4.62. The van der Waals surface area contributed by atoms with Crippen LogP contribution >= 0.6 is 0 Å². The Balaban J connectivity index is 1.24. The number of hydrogen-bond donors (Lipinski definition) is 1. The van der Waals surface area contributed by atoms with Gasteiger partial charge in [0.05, 0.1) is 5.69 Å². The number of hydrogen-bond acceptors (Lipinski definition) is 5. The van der Waals surface area contributed by atoms with Crippen molar-refractivity contribution in [1.29, 1.82) is 0 Å². The van der Waals surface area contributed by atoms with E-state index in [1.54, 1.807) is 24.9 Å². The smallest absolute Gasteiger partial charge is 0.260 e. The highest BCUT2D eigenvalue weighted by Crippen LogP contribution is 2.37. The average Bonchev–Trinajstić information content (AvgIpc) is 3.58. The molecule has 0 spiro atoms. The molecule has 2 aliphatic rings. The molecule has 1 fully saturated rings. The number of nitrogens with one attached hydrogen (secondary N) is 1. The number of fused-ring (bicyclic) bond motifs is 2. The van der Waals surface area contributed by atoms with Gasteiger partial charge in [-0.15, -0.1) is 0 Å². The molecule has 1 aromatic carbocycles. The largest absolute Gasteiger partial charge is 0.384 e. The third-order valence-electron chi connectivity index (χ3n) is 8.99. The van der Waals surface area contributed by atoms with E-state index in [9.17, 15) is 9.59 Å². The van der Waals surface area contributed by atoms with Crippen molar-refractivity contribution in [1.82, 2.24) is 23.9 Å². The van der Waals surface area contributed by atoms with Gasteiger partial charge in [-0.05, 0) is 93.6 Å². The molecule has 1 amide bonds. The molecule has 8 nitrogen and oxygen atoms in total. The van der Waals surface area contributed by atoms with Crippen LogP contribution in [0.15, 0.2) is 47.5 Å². The van der Waals surface area contributed by atoms with Gasteiger partial charge >= 0.3 is 0 Å². The minimum absolute atomic E-state index is 0.0159. The van der Waals surface area contributed by atoms with Gasteiger partial charge in [0.15, 0.2) is 0 Å². The fraction of sp³-hybridized carbons (Fsp3) is 0.406. The third-order valence-corrected chi connectivity index (χ3v) is 8.99. The number of aryl methyl sites for hydroxylation is 2. The van der Waals surface area contributed by atoms with Crippen LogP contribution in [-0.2, 0) is 13.5 Å². The number of benzene rings is 1. The molecule has 214 valence electrons. The fourth-order valence-corrected chi connectivity index (χ4v) is 6.75. The number of carbonyl (C=O) groups excluding carboxylic acids is 1. The lowest BCUT2D eigenvalue weighted by Gasteiger charge is -2.37. The standard InChI is InChI=1S/C32H37FN6O2/c1-19-16-22(31(40)36(3)4)17-25(33)29(19)21-8-13-38(14-9-21)20(2)28-18-24-27(7-12-35-30(24)37(28)5)39-15-10-26-23(32(39)41)6-11-34-26/h7,10,12,15-18,20-21,34H,6,8-9,11,13-14H2,1-5H3/t20-/m1/s1. The van der Waals surface area contributed by atoms with Crippen molar-refractivity contribution in [2.75, 3.05) is 39.0 Å². The fourth-order valence-electron chi connectivity index (χ4n) is 6.75. The second-order valence-corrected chi connectivity index (χ2v) is 11.6. The maximum absolute atomic E-state index is 15.3. The summed E-state index contributed by atoms with van der Waals surface area (Å²) < 4.78 is 19.1. The van der Waals surface area contributed by atoms with Crippen LogP contribution in [0.25, 0.3) is 16.7 Å². The lowest BCUT2D eigenvalue weighted by atomic mass is 9.85. The van der Waals surface area contributed by atoms with Crippen molar-refractivity contribution >= 4 is 22.6 Å². The summed E-state index contributed by atoms with van der Waals surface area (Å²) in [6, 6.07) is 9.38. The molecule has 1 saturated heterocycles. The second kappa shape index (κ2) is 10.4. The summed E-state index contributed by atoms with van der Waals surface area (Å²) in [5.74, 6) is -0.358. The minimum atomic E-state index is -0.286. The van der Waals surface area contributed by atoms with Gasteiger partial charge in [-0.25, -0.2) is 9.37 Å². The topological polar surface area (TPSA) is 75.4 Å². The monoisotopic (exact) mass is 556 g/mol. The number of halogens is 1. The Morgan fingerprint density at radius 2 is 1.93 bits per heavy atom. The first-order chi connectivity index (χ1) is 19.7. The second-order valence-electron chi connectivity index (χ2n) is 11.6. The van der Waals surface area contributed by atoms with Crippen LogP contribution in [0, 0.1) is 12.7 Å². The van der Waals surface area contributed by atoms with Gasteiger partial charge in [-0.2, -0.15) is 0 Å². The number of aromatic nitrogens is 3. The highest BCUT2D eigenvalue weighted by atomic mass is 19.1. The molecule has 0 radical (unpaired) electrons. The highest BCUT2D eigenvalue weighted by Gasteiger charge is 2.29. The Morgan fingerprint density at radius 3 is 2.63 bits per heavy atom. The number of piperidine rings is 1. The molecule has 41 heavy (non-hydrogen) atoms. The number of nitrogens with zero attached hydrogens (tertiary/aromatic N) is 5. The molecule has 9 heteroatoms. The van der Waals surface area contributed by atoms with Crippen LogP contribution in [0.2, 0.25) is 0 Å². The van der Waals surface area contributed by atoms with Crippen molar-refractivity contribution < 1.29 is 9.18 Å². The van der Waals surface area contributed by atoms with E-state index in [-0.39, 0.29) is 29.2 Å². The zero-order valence-electron chi connectivity index (χ0n) is 24.4. The first kappa shape index (κ1) is 27.2. The number of rotatable bonds is 5. The van der Waals surface area contributed by atoms with Crippen molar-refractivity contribution in [2.45, 2.75) is 45.1 Å². The molecule has 0 bridgehead atoms. The first-order valence-corrected chi connectivity index (χ1v) is 14.3. The van der Waals surface area contributed by atoms with Crippen LogP contribution in [0.3, 0.4) is 0 Å². The summed E-state index contributed by atoms with van der Waals surface area (Å²) in [5, 5.41) is 4.23. The lowest BCUT2D eigenvalue weighted by molar-refractivity contribution is 0.0827. The summed E-state index contributed by atoms with van der Waals surface area (Å²) in [6.45, 7) is 6.57. The maximum Gasteiger partial charge on any atom is 0.260 e. The predicted molar refractivity (Wildman–Crippen MR) is 160 cm³/mol. The lowest BCUT2D eigenvalue weighted by Crippen LogP contribution is -2.36. The summed E-state index contributed by atoms with van der Waals surface area (Å²) in [7, 11) is 5.39. The maximum atomic E-state index is 15.3. The molecule has 0 aliphatic carbocycles. The van der Waals surface area contributed by atoms with E-state index in [0.29, 0.717) is 5.56 Å². The minimum Gasteiger partial charge on any atom is -0.384 e.